The fraction of sp³-hybridized carbons (Fsp3) is 0.529. The van der Waals surface area contributed by atoms with Gasteiger partial charge in [-0.1, -0.05) is 13.0 Å². The van der Waals surface area contributed by atoms with Gasteiger partial charge in [0.25, 0.3) is 0 Å². The average molecular weight is 256 g/mol. The van der Waals surface area contributed by atoms with Gasteiger partial charge in [0.15, 0.2) is 0 Å². The molecule has 0 unspecified atom stereocenters. The molecule has 2 heterocycles. The van der Waals surface area contributed by atoms with E-state index < -0.39 is 0 Å². The standard InChI is InChI=1S/C17H24N2/c1-3-13-4-5-17-16(11-13)15(12-19(17)2)10-14-6-8-18-9-7-14/h4-5,11-12,14,18H,3,6-10H2,1-2H3. The monoisotopic (exact) mass is 256 g/mol. The van der Waals surface area contributed by atoms with Gasteiger partial charge in [-0.3, -0.25) is 0 Å². The van der Waals surface area contributed by atoms with Crippen LogP contribution in [0.15, 0.2) is 24.4 Å². The Labute approximate surface area is 115 Å². The van der Waals surface area contributed by atoms with E-state index in [9.17, 15) is 0 Å². The first-order chi connectivity index (χ1) is 9.28. The van der Waals surface area contributed by atoms with Gasteiger partial charge in [-0.25, -0.2) is 0 Å². The molecule has 1 aromatic heterocycles. The Bertz CT molecular complexity index is 562. The smallest absolute Gasteiger partial charge is 0.0480 e. The maximum Gasteiger partial charge on any atom is 0.0480 e. The van der Waals surface area contributed by atoms with Crippen LogP contribution in [-0.2, 0) is 19.9 Å². The third-order valence-corrected chi connectivity index (χ3v) is 4.51. The number of piperidine rings is 1. The second kappa shape index (κ2) is 5.38. The molecule has 0 saturated carbocycles. The fourth-order valence-electron chi connectivity index (χ4n) is 3.30. The third-order valence-electron chi connectivity index (χ3n) is 4.51. The Hall–Kier alpha value is -1.28. The number of aryl methyl sites for hydroxylation is 2. The van der Waals surface area contributed by atoms with Crippen molar-refractivity contribution in [1.82, 2.24) is 9.88 Å². The molecule has 0 radical (unpaired) electrons. The number of fused-ring (bicyclic) bond motifs is 1. The van der Waals surface area contributed by atoms with Gasteiger partial charge < -0.3 is 9.88 Å². The Morgan fingerprint density at radius 2 is 2.05 bits per heavy atom. The van der Waals surface area contributed by atoms with Gasteiger partial charge in [-0.15, -0.1) is 0 Å². The lowest BCUT2D eigenvalue weighted by molar-refractivity contribution is 0.373. The molecule has 1 saturated heterocycles. The molecule has 3 rings (SSSR count). The normalized spacial score (nSPS) is 17.2. The van der Waals surface area contributed by atoms with E-state index in [1.165, 1.54) is 48.8 Å². The summed E-state index contributed by atoms with van der Waals surface area (Å²) in [7, 11) is 2.17. The minimum Gasteiger partial charge on any atom is -0.350 e. The van der Waals surface area contributed by atoms with Gasteiger partial charge in [0.1, 0.15) is 0 Å². The van der Waals surface area contributed by atoms with E-state index in [0.717, 1.165) is 12.3 Å². The van der Waals surface area contributed by atoms with Crippen molar-refractivity contribution < 1.29 is 0 Å². The van der Waals surface area contributed by atoms with Crippen molar-refractivity contribution in [2.45, 2.75) is 32.6 Å². The molecule has 0 spiro atoms. The zero-order valence-electron chi connectivity index (χ0n) is 12.1. The molecule has 2 heteroatoms. The predicted octanol–water partition coefficient (Wildman–Crippen LogP) is 3.28. The van der Waals surface area contributed by atoms with Gasteiger partial charge in [0.2, 0.25) is 0 Å². The van der Waals surface area contributed by atoms with Gasteiger partial charge in [-0.2, -0.15) is 0 Å². The van der Waals surface area contributed by atoms with Crippen molar-refractivity contribution >= 4 is 10.9 Å². The first kappa shape index (κ1) is 12.7. The molecule has 1 aliphatic rings. The molecule has 1 aliphatic heterocycles. The Morgan fingerprint density at radius 1 is 1.26 bits per heavy atom. The molecule has 19 heavy (non-hydrogen) atoms. The van der Waals surface area contributed by atoms with Crippen LogP contribution in [0.3, 0.4) is 0 Å². The van der Waals surface area contributed by atoms with Gasteiger partial charge in [0, 0.05) is 24.1 Å². The highest BCUT2D eigenvalue weighted by molar-refractivity contribution is 5.84. The molecule has 0 amide bonds. The first-order valence-electron chi connectivity index (χ1n) is 7.55. The average Bonchev–Trinajstić information content (AvgIpc) is 2.76. The minimum atomic E-state index is 0.858. The van der Waals surface area contributed by atoms with Gasteiger partial charge in [-0.05, 0) is 68.0 Å². The van der Waals surface area contributed by atoms with Crippen molar-refractivity contribution in [3.8, 4) is 0 Å². The van der Waals surface area contributed by atoms with Crippen LogP contribution >= 0.6 is 0 Å². The summed E-state index contributed by atoms with van der Waals surface area (Å²) in [5, 5.41) is 4.93. The van der Waals surface area contributed by atoms with Crippen LogP contribution in [-0.4, -0.2) is 17.7 Å². The maximum absolute atomic E-state index is 3.46. The van der Waals surface area contributed by atoms with Crippen molar-refractivity contribution in [2.24, 2.45) is 13.0 Å². The summed E-state index contributed by atoms with van der Waals surface area (Å²) in [6.07, 6.45) is 7.35. The van der Waals surface area contributed by atoms with E-state index in [1.54, 1.807) is 5.56 Å². The van der Waals surface area contributed by atoms with Crippen LogP contribution in [0.5, 0.6) is 0 Å². The summed E-state index contributed by atoms with van der Waals surface area (Å²) < 4.78 is 2.28. The zero-order chi connectivity index (χ0) is 13.2. The van der Waals surface area contributed by atoms with E-state index in [4.69, 9.17) is 0 Å². The number of aromatic nitrogens is 1. The predicted molar refractivity (Wildman–Crippen MR) is 81.6 cm³/mol. The number of benzene rings is 1. The molecule has 102 valence electrons. The van der Waals surface area contributed by atoms with Crippen LogP contribution in [0, 0.1) is 5.92 Å². The van der Waals surface area contributed by atoms with Crippen molar-refractivity contribution in [1.29, 1.82) is 0 Å². The van der Waals surface area contributed by atoms with E-state index >= 15 is 0 Å². The second-order valence-corrected chi connectivity index (χ2v) is 5.87. The lowest BCUT2D eigenvalue weighted by Gasteiger charge is -2.22. The highest BCUT2D eigenvalue weighted by Crippen LogP contribution is 2.27. The highest BCUT2D eigenvalue weighted by atomic mass is 14.9. The lowest BCUT2D eigenvalue weighted by atomic mass is 9.90. The van der Waals surface area contributed by atoms with Crippen LogP contribution < -0.4 is 5.32 Å². The Morgan fingerprint density at radius 3 is 2.79 bits per heavy atom. The lowest BCUT2D eigenvalue weighted by Crippen LogP contribution is -2.28. The molecule has 0 aliphatic carbocycles. The van der Waals surface area contributed by atoms with E-state index in [2.05, 4.69) is 48.3 Å². The molecule has 0 bridgehead atoms. The van der Waals surface area contributed by atoms with Crippen LogP contribution in [0.1, 0.15) is 30.9 Å². The summed E-state index contributed by atoms with van der Waals surface area (Å²) in [6.45, 7) is 4.61. The maximum atomic E-state index is 3.46. The van der Waals surface area contributed by atoms with Gasteiger partial charge >= 0.3 is 0 Å². The quantitative estimate of drug-likeness (QED) is 0.891. The van der Waals surface area contributed by atoms with E-state index in [1.807, 2.05) is 0 Å². The summed E-state index contributed by atoms with van der Waals surface area (Å²) in [5.74, 6) is 0.858. The summed E-state index contributed by atoms with van der Waals surface area (Å²) in [6, 6.07) is 6.93. The van der Waals surface area contributed by atoms with Crippen molar-refractivity contribution in [3.63, 3.8) is 0 Å². The molecule has 1 aromatic carbocycles. The molecule has 0 atom stereocenters. The molecule has 1 fully saturated rings. The summed E-state index contributed by atoms with van der Waals surface area (Å²) in [5.41, 5.74) is 4.37. The molecular formula is C17H24N2. The largest absolute Gasteiger partial charge is 0.350 e. The second-order valence-electron chi connectivity index (χ2n) is 5.87. The summed E-state index contributed by atoms with van der Waals surface area (Å²) in [4.78, 5) is 0. The number of rotatable bonds is 3. The molecular weight excluding hydrogens is 232 g/mol. The van der Waals surface area contributed by atoms with Crippen molar-refractivity contribution in [3.05, 3.63) is 35.5 Å². The first-order valence-corrected chi connectivity index (χ1v) is 7.55. The number of hydrogen-bond acceptors (Lipinski definition) is 1. The minimum absolute atomic E-state index is 0.858. The molecule has 2 aromatic rings. The highest BCUT2D eigenvalue weighted by Gasteiger charge is 2.16. The van der Waals surface area contributed by atoms with Crippen LogP contribution in [0.4, 0.5) is 0 Å². The summed E-state index contributed by atoms with van der Waals surface area (Å²) >= 11 is 0. The number of hydrogen-bond donors (Lipinski definition) is 1. The molecule has 1 N–H and O–H groups in total. The fourth-order valence-corrected chi connectivity index (χ4v) is 3.30. The Balaban J connectivity index is 1.93. The van der Waals surface area contributed by atoms with E-state index in [-0.39, 0.29) is 0 Å². The van der Waals surface area contributed by atoms with Crippen molar-refractivity contribution in [2.75, 3.05) is 13.1 Å². The van der Waals surface area contributed by atoms with Crippen LogP contribution in [0.2, 0.25) is 0 Å². The Kier molecular flexibility index (Phi) is 3.61. The number of nitrogens with one attached hydrogen (secondary N) is 1. The van der Waals surface area contributed by atoms with E-state index in [0.29, 0.717) is 0 Å². The zero-order valence-corrected chi connectivity index (χ0v) is 12.1. The number of nitrogens with zero attached hydrogens (tertiary/aromatic N) is 1. The third kappa shape index (κ3) is 2.55. The SMILES string of the molecule is CCc1ccc2c(c1)c(CC1CCNCC1)cn2C. The van der Waals surface area contributed by atoms with Crippen LogP contribution in [0.25, 0.3) is 10.9 Å². The topological polar surface area (TPSA) is 17.0 Å². The van der Waals surface area contributed by atoms with Gasteiger partial charge in [0.05, 0.1) is 0 Å². The molecule has 2 nitrogen and oxygen atoms in total.